The molecule has 2 N–H and O–H groups in total. The molecule has 0 aliphatic rings. The van der Waals surface area contributed by atoms with Crippen molar-refractivity contribution in [3.8, 4) is 11.5 Å². The molecule has 0 radical (unpaired) electrons. The number of carbonyl (C=O) groups excluding carboxylic acids is 3. The van der Waals surface area contributed by atoms with Crippen LogP contribution in [0.5, 0.6) is 11.5 Å². The number of benzene rings is 1. The van der Waals surface area contributed by atoms with E-state index >= 15 is 0 Å². The largest absolute Gasteiger partial charge is 0.514 e. The zero-order chi connectivity index (χ0) is 29.5. The summed E-state index contributed by atoms with van der Waals surface area (Å²) in [4.78, 5) is 48.5. The third-order valence-corrected chi connectivity index (χ3v) is 4.48. The third-order valence-electron chi connectivity index (χ3n) is 4.48. The van der Waals surface area contributed by atoms with Gasteiger partial charge >= 0.3 is 24.2 Å². The van der Waals surface area contributed by atoms with Crippen LogP contribution in [-0.4, -0.2) is 59.2 Å². The van der Waals surface area contributed by atoms with Crippen LogP contribution in [0.3, 0.4) is 0 Å². The molecule has 214 valence electrons. The minimum absolute atomic E-state index is 0.0212. The van der Waals surface area contributed by atoms with Crippen molar-refractivity contribution in [1.29, 1.82) is 0 Å². The van der Waals surface area contributed by atoms with Gasteiger partial charge in [-0.15, -0.1) is 0 Å². The second-order valence-electron chi connectivity index (χ2n) is 11.9. The normalized spacial score (nSPS) is 13.6. The first-order valence-corrected chi connectivity index (χ1v) is 12.3. The van der Waals surface area contributed by atoms with Gasteiger partial charge < -0.3 is 34.1 Å². The Morgan fingerprint density at radius 2 is 1.34 bits per heavy atom. The summed E-state index contributed by atoms with van der Waals surface area (Å²) in [6, 6.07) is 3.22. The molecule has 2 atom stereocenters. The molecule has 0 aliphatic heterocycles. The maximum atomic E-state index is 12.3. The van der Waals surface area contributed by atoms with Crippen LogP contribution in [0.25, 0.3) is 0 Å². The van der Waals surface area contributed by atoms with Crippen LogP contribution < -0.4 is 14.8 Å². The molecule has 0 amide bonds. The first-order valence-electron chi connectivity index (χ1n) is 12.3. The lowest BCUT2D eigenvalue weighted by Crippen LogP contribution is -2.43. The number of hydrogen-bond donors (Lipinski definition) is 2. The Bertz CT molecular complexity index is 999. The van der Waals surface area contributed by atoms with Gasteiger partial charge in [0, 0.05) is 6.54 Å². The van der Waals surface area contributed by atoms with Crippen molar-refractivity contribution >= 4 is 24.2 Å². The zero-order valence-electron chi connectivity index (χ0n) is 23.9. The predicted octanol–water partition coefficient (Wildman–Crippen LogP) is 4.88. The fourth-order valence-electron chi connectivity index (χ4n) is 2.76. The van der Waals surface area contributed by atoms with Crippen LogP contribution in [0.2, 0.25) is 0 Å². The molecular formula is C27H41NO10. The molecule has 0 fully saturated rings. The Kier molecular flexibility index (Phi) is 11.1. The quantitative estimate of drug-likeness (QED) is 0.251. The molecule has 11 heteroatoms. The highest BCUT2D eigenvalue weighted by atomic mass is 16.8. The Balaban J connectivity index is 3.09. The van der Waals surface area contributed by atoms with E-state index in [1.807, 2.05) is 0 Å². The molecule has 1 rings (SSSR count). The van der Waals surface area contributed by atoms with E-state index in [2.05, 4.69) is 5.32 Å². The van der Waals surface area contributed by atoms with E-state index < -0.39 is 53.0 Å². The molecule has 1 aromatic rings. The number of carboxylic acids is 1. The number of aliphatic carboxylic acids is 1. The van der Waals surface area contributed by atoms with Gasteiger partial charge in [0.15, 0.2) is 11.5 Å². The topological polar surface area (TPSA) is 147 Å². The number of ether oxygens (including phenoxy) is 5. The Hall–Kier alpha value is -3.34. The van der Waals surface area contributed by atoms with Gasteiger partial charge in [-0.3, -0.25) is 9.59 Å². The van der Waals surface area contributed by atoms with Gasteiger partial charge in [-0.25, -0.2) is 9.59 Å². The molecule has 38 heavy (non-hydrogen) atoms. The van der Waals surface area contributed by atoms with E-state index in [1.165, 1.54) is 18.2 Å². The van der Waals surface area contributed by atoms with E-state index in [-0.39, 0.29) is 24.5 Å². The van der Waals surface area contributed by atoms with Crippen molar-refractivity contribution in [2.24, 2.45) is 5.41 Å². The number of hydrogen-bond acceptors (Lipinski definition) is 10. The van der Waals surface area contributed by atoms with Crippen LogP contribution in [0.1, 0.15) is 74.8 Å². The van der Waals surface area contributed by atoms with Crippen molar-refractivity contribution < 1.29 is 48.0 Å². The second kappa shape index (κ2) is 12.9. The van der Waals surface area contributed by atoms with E-state index in [1.54, 1.807) is 69.2 Å². The molecule has 0 aromatic heterocycles. The minimum Gasteiger partial charge on any atom is -0.480 e. The highest BCUT2D eigenvalue weighted by Crippen LogP contribution is 2.31. The minimum atomic E-state index is -1.14. The van der Waals surface area contributed by atoms with Gasteiger partial charge in [0.25, 0.3) is 0 Å². The summed E-state index contributed by atoms with van der Waals surface area (Å²) in [5.74, 6) is -1.80. The maximum Gasteiger partial charge on any atom is 0.514 e. The molecule has 0 heterocycles. The zero-order valence-corrected chi connectivity index (χ0v) is 23.9. The number of carbonyl (C=O) groups is 4. The SMILES string of the molecule is CC(CN[C@@H](Cc1ccc(OC(=O)OC(C)(C)C)c(OC(=O)OC(C)(C)C)c1)C(=O)O)OC(=O)C(C)(C)C. The summed E-state index contributed by atoms with van der Waals surface area (Å²) < 4.78 is 26.2. The van der Waals surface area contributed by atoms with Crippen LogP contribution in [0, 0.1) is 5.41 Å². The van der Waals surface area contributed by atoms with Crippen LogP contribution >= 0.6 is 0 Å². The fraction of sp³-hybridized carbons (Fsp3) is 0.630. The van der Waals surface area contributed by atoms with Gasteiger partial charge in [0.1, 0.15) is 23.3 Å². The number of nitrogens with one attached hydrogen (secondary N) is 1. The smallest absolute Gasteiger partial charge is 0.480 e. The third kappa shape index (κ3) is 12.8. The summed E-state index contributed by atoms with van der Waals surface area (Å²) >= 11 is 0. The summed E-state index contributed by atoms with van der Waals surface area (Å²) in [6.07, 6.45) is -2.64. The highest BCUT2D eigenvalue weighted by molar-refractivity contribution is 5.76. The van der Waals surface area contributed by atoms with Gasteiger partial charge in [0.05, 0.1) is 5.41 Å². The first-order chi connectivity index (χ1) is 17.2. The van der Waals surface area contributed by atoms with Gasteiger partial charge in [-0.2, -0.15) is 0 Å². The summed E-state index contributed by atoms with van der Waals surface area (Å²) in [5, 5.41) is 12.6. The standard InChI is InChI=1S/C27H41NO10/c1-16(34-22(31)25(2,3)4)15-28-18(21(29)30)13-17-11-12-19(35-23(32)37-26(5,6)7)20(14-17)36-24(33)38-27(8,9)10/h11-12,14,16,18,28H,13,15H2,1-10H3,(H,29,30)/t16?,18-/m0/s1. The van der Waals surface area contributed by atoms with Crippen molar-refractivity contribution in [3.63, 3.8) is 0 Å². The van der Waals surface area contributed by atoms with E-state index in [0.717, 1.165) is 0 Å². The lowest BCUT2D eigenvalue weighted by atomic mass is 9.97. The monoisotopic (exact) mass is 539 g/mol. The van der Waals surface area contributed by atoms with E-state index in [4.69, 9.17) is 23.7 Å². The lowest BCUT2D eigenvalue weighted by molar-refractivity contribution is -0.157. The van der Waals surface area contributed by atoms with Gasteiger partial charge in [-0.05, 0) is 93.4 Å². The molecule has 0 saturated carbocycles. The average Bonchev–Trinajstić information content (AvgIpc) is 2.69. The molecule has 0 aliphatic carbocycles. The molecule has 1 unspecified atom stereocenters. The maximum absolute atomic E-state index is 12.3. The lowest BCUT2D eigenvalue weighted by Gasteiger charge is -2.23. The predicted molar refractivity (Wildman–Crippen MR) is 138 cm³/mol. The number of rotatable bonds is 9. The first kappa shape index (κ1) is 32.7. The van der Waals surface area contributed by atoms with E-state index in [9.17, 15) is 24.3 Å². The molecule has 0 spiro atoms. The Morgan fingerprint density at radius 1 is 0.842 bits per heavy atom. The summed E-state index contributed by atoms with van der Waals surface area (Å²) in [6.45, 7) is 16.9. The van der Waals surface area contributed by atoms with Crippen molar-refractivity contribution in [1.82, 2.24) is 5.32 Å². The van der Waals surface area contributed by atoms with Crippen molar-refractivity contribution in [3.05, 3.63) is 23.8 Å². The van der Waals surface area contributed by atoms with Crippen LogP contribution in [0.4, 0.5) is 9.59 Å². The molecule has 1 aromatic carbocycles. The van der Waals surface area contributed by atoms with Crippen LogP contribution in [-0.2, 0) is 30.2 Å². The van der Waals surface area contributed by atoms with E-state index in [0.29, 0.717) is 5.56 Å². The van der Waals surface area contributed by atoms with Crippen molar-refractivity contribution in [2.75, 3.05) is 6.54 Å². The highest BCUT2D eigenvalue weighted by Gasteiger charge is 2.27. The Morgan fingerprint density at radius 3 is 1.79 bits per heavy atom. The summed E-state index contributed by atoms with van der Waals surface area (Å²) in [5.41, 5.74) is -1.89. The fourth-order valence-corrected chi connectivity index (χ4v) is 2.76. The molecular weight excluding hydrogens is 498 g/mol. The molecule has 11 nitrogen and oxygen atoms in total. The molecule has 0 bridgehead atoms. The summed E-state index contributed by atoms with van der Waals surface area (Å²) in [7, 11) is 0. The Labute approximate surface area is 224 Å². The van der Waals surface area contributed by atoms with Crippen molar-refractivity contribution in [2.45, 2.75) is 99.0 Å². The second-order valence-corrected chi connectivity index (χ2v) is 11.9. The van der Waals surface area contributed by atoms with Gasteiger partial charge in [0.2, 0.25) is 0 Å². The van der Waals surface area contributed by atoms with Gasteiger partial charge in [-0.1, -0.05) is 6.07 Å². The van der Waals surface area contributed by atoms with Crippen LogP contribution in [0.15, 0.2) is 18.2 Å². The number of esters is 1. The number of carboxylic acid groups (broad SMARTS) is 1. The average molecular weight is 540 g/mol. The molecule has 0 saturated heterocycles.